The normalized spacial score (nSPS) is 10.0. The Morgan fingerprint density at radius 3 is 2.58 bits per heavy atom. The largest absolute Gasteiger partial charge is 0.338 e. The lowest BCUT2D eigenvalue weighted by atomic mass is 10.2. The third-order valence-electron chi connectivity index (χ3n) is 3.17. The van der Waals surface area contributed by atoms with E-state index in [4.69, 9.17) is 11.6 Å². The Kier molecular flexibility index (Phi) is 7.04. The molecule has 0 spiro atoms. The summed E-state index contributed by atoms with van der Waals surface area (Å²) in [6, 6.07) is 10.3. The van der Waals surface area contributed by atoms with Gasteiger partial charge in [-0.25, -0.2) is 4.79 Å². The summed E-state index contributed by atoms with van der Waals surface area (Å²) in [4.78, 5) is 27.4. The molecule has 0 bridgehead atoms. The second-order valence-corrected chi connectivity index (χ2v) is 5.57. The molecule has 0 fully saturated rings. The Morgan fingerprint density at radius 1 is 1.08 bits per heavy atom. The van der Waals surface area contributed by atoms with Crippen LogP contribution in [0.2, 0.25) is 5.02 Å². The maximum Gasteiger partial charge on any atom is 0.315 e. The predicted molar refractivity (Wildman–Crippen MR) is 93.8 cm³/mol. The van der Waals surface area contributed by atoms with E-state index in [1.54, 1.807) is 36.7 Å². The van der Waals surface area contributed by atoms with Crippen LogP contribution < -0.4 is 16.0 Å². The number of aromatic nitrogens is 1. The van der Waals surface area contributed by atoms with Crippen LogP contribution in [0.1, 0.15) is 18.4 Å². The predicted octanol–water partition coefficient (Wildman–Crippen LogP) is 2.95. The zero-order chi connectivity index (χ0) is 17.2. The molecule has 1 aromatic heterocycles. The molecule has 126 valence electrons. The number of anilines is 1. The number of nitrogens with zero attached hydrogens (tertiary/aromatic N) is 1. The topological polar surface area (TPSA) is 83.1 Å². The van der Waals surface area contributed by atoms with E-state index in [1.165, 1.54) is 0 Å². The van der Waals surface area contributed by atoms with Crippen molar-refractivity contribution in [2.45, 2.75) is 19.4 Å². The molecule has 7 heteroatoms. The van der Waals surface area contributed by atoms with Crippen molar-refractivity contribution in [2.75, 3.05) is 11.9 Å². The lowest BCUT2D eigenvalue weighted by molar-refractivity contribution is -0.116. The van der Waals surface area contributed by atoms with E-state index in [9.17, 15) is 9.59 Å². The molecule has 0 radical (unpaired) electrons. The summed E-state index contributed by atoms with van der Waals surface area (Å²) in [5.74, 6) is -0.102. The molecule has 0 aliphatic carbocycles. The minimum Gasteiger partial charge on any atom is -0.338 e. The summed E-state index contributed by atoms with van der Waals surface area (Å²) < 4.78 is 0. The molecule has 0 saturated heterocycles. The summed E-state index contributed by atoms with van der Waals surface area (Å²) in [6.45, 7) is 0.837. The molecule has 3 amide bonds. The average molecular weight is 347 g/mol. The molecule has 0 saturated carbocycles. The van der Waals surface area contributed by atoms with Crippen LogP contribution in [0.15, 0.2) is 48.8 Å². The zero-order valence-corrected chi connectivity index (χ0v) is 13.8. The molecular formula is C17H19ClN4O2. The van der Waals surface area contributed by atoms with Gasteiger partial charge in [0.05, 0.1) is 0 Å². The maximum absolute atomic E-state index is 11.8. The van der Waals surface area contributed by atoms with Gasteiger partial charge in [-0.15, -0.1) is 0 Å². The molecule has 0 atom stereocenters. The standard InChI is InChI=1S/C17H19ClN4O2/c18-14-5-7-15(8-6-14)22-16(23)4-2-10-20-17(24)21-12-13-3-1-9-19-11-13/h1,3,5-9,11H,2,4,10,12H2,(H,22,23)(H2,20,21,24). The quantitative estimate of drug-likeness (QED) is 0.674. The fraction of sp³-hybridized carbons (Fsp3) is 0.235. The van der Waals surface area contributed by atoms with Crippen LogP contribution >= 0.6 is 11.6 Å². The number of halogens is 1. The van der Waals surface area contributed by atoms with Crippen molar-refractivity contribution in [2.24, 2.45) is 0 Å². The molecule has 2 rings (SSSR count). The third kappa shape index (κ3) is 6.66. The summed E-state index contributed by atoms with van der Waals surface area (Å²) in [6.07, 6.45) is 4.26. The first-order chi connectivity index (χ1) is 11.6. The van der Waals surface area contributed by atoms with Gasteiger partial charge in [-0.2, -0.15) is 0 Å². The van der Waals surface area contributed by atoms with E-state index < -0.39 is 0 Å². The van der Waals surface area contributed by atoms with Crippen LogP contribution in [0.25, 0.3) is 0 Å². The van der Waals surface area contributed by atoms with Gasteiger partial charge >= 0.3 is 6.03 Å². The first-order valence-corrected chi connectivity index (χ1v) is 7.97. The monoisotopic (exact) mass is 346 g/mol. The van der Waals surface area contributed by atoms with E-state index in [0.717, 1.165) is 5.56 Å². The molecule has 3 N–H and O–H groups in total. The summed E-state index contributed by atoms with van der Waals surface area (Å²) in [5.41, 5.74) is 1.63. The molecular weight excluding hydrogens is 328 g/mol. The van der Waals surface area contributed by atoms with Crippen molar-refractivity contribution in [1.29, 1.82) is 0 Å². The van der Waals surface area contributed by atoms with Gasteiger partial charge < -0.3 is 16.0 Å². The van der Waals surface area contributed by atoms with Gasteiger partial charge in [-0.3, -0.25) is 9.78 Å². The molecule has 6 nitrogen and oxygen atoms in total. The highest BCUT2D eigenvalue weighted by Gasteiger charge is 2.04. The molecule has 0 aliphatic heterocycles. The molecule has 1 heterocycles. The highest BCUT2D eigenvalue weighted by molar-refractivity contribution is 6.30. The van der Waals surface area contributed by atoms with Crippen LogP contribution in [0.5, 0.6) is 0 Å². The Labute approximate surface area is 145 Å². The minimum atomic E-state index is -0.267. The van der Waals surface area contributed by atoms with Gasteiger partial charge in [0.15, 0.2) is 0 Å². The first kappa shape index (κ1) is 17.7. The van der Waals surface area contributed by atoms with Gasteiger partial charge in [0.1, 0.15) is 0 Å². The highest BCUT2D eigenvalue weighted by Crippen LogP contribution is 2.13. The van der Waals surface area contributed by atoms with Crippen molar-refractivity contribution < 1.29 is 9.59 Å². The van der Waals surface area contributed by atoms with E-state index in [1.807, 2.05) is 12.1 Å². The highest BCUT2D eigenvalue weighted by atomic mass is 35.5. The van der Waals surface area contributed by atoms with Crippen LogP contribution in [-0.2, 0) is 11.3 Å². The number of benzene rings is 1. The minimum absolute atomic E-state index is 0.102. The lowest BCUT2D eigenvalue weighted by Crippen LogP contribution is -2.35. The number of amides is 3. The van der Waals surface area contributed by atoms with Gasteiger partial charge in [0.25, 0.3) is 0 Å². The Bertz CT molecular complexity index is 662. The van der Waals surface area contributed by atoms with Gasteiger partial charge in [-0.05, 0) is 42.3 Å². The van der Waals surface area contributed by atoms with Gasteiger partial charge in [-0.1, -0.05) is 17.7 Å². The second kappa shape index (κ2) is 9.52. The van der Waals surface area contributed by atoms with E-state index in [-0.39, 0.29) is 11.9 Å². The van der Waals surface area contributed by atoms with Crippen LogP contribution in [-0.4, -0.2) is 23.5 Å². The Hall–Kier alpha value is -2.60. The van der Waals surface area contributed by atoms with Gasteiger partial charge in [0.2, 0.25) is 5.91 Å². The van der Waals surface area contributed by atoms with Crippen molar-refractivity contribution in [1.82, 2.24) is 15.6 Å². The molecule has 0 aliphatic rings. The van der Waals surface area contributed by atoms with Crippen LogP contribution in [0.4, 0.5) is 10.5 Å². The van der Waals surface area contributed by atoms with Crippen LogP contribution in [0.3, 0.4) is 0 Å². The number of pyridine rings is 1. The zero-order valence-electron chi connectivity index (χ0n) is 13.1. The third-order valence-corrected chi connectivity index (χ3v) is 3.42. The SMILES string of the molecule is O=C(CCCNC(=O)NCc1cccnc1)Nc1ccc(Cl)cc1. The first-order valence-electron chi connectivity index (χ1n) is 7.59. The smallest absolute Gasteiger partial charge is 0.315 e. The number of hydrogen-bond donors (Lipinski definition) is 3. The molecule has 1 aromatic carbocycles. The summed E-state index contributed by atoms with van der Waals surface area (Å²) in [7, 11) is 0. The average Bonchev–Trinajstić information content (AvgIpc) is 2.60. The fourth-order valence-corrected chi connectivity index (χ4v) is 2.08. The van der Waals surface area contributed by atoms with Crippen molar-refractivity contribution >= 4 is 29.2 Å². The Morgan fingerprint density at radius 2 is 1.88 bits per heavy atom. The maximum atomic E-state index is 11.8. The number of carbonyl (C=O) groups is 2. The van der Waals surface area contributed by atoms with Crippen molar-refractivity contribution in [3.63, 3.8) is 0 Å². The van der Waals surface area contributed by atoms with Crippen molar-refractivity contribution in [3.8, 4) is 0 Å². The Balaban J connectivity index is 1.57. The van der Waals surface area contributed by atoms with Crippen LogP contribution in [0, 0.1) is 0 Å². The van der Waals surface area contributed by atoms with Crippen molar-refractivity contribution in [3.05, 3.63) is 59.4 Å². The number of rotatable bonds is 7. The molecule has 0 unspecified atom stereocenters. The number of urea groups is 1. The van der Waals surface area contributed by atoms with Gasteiger partial charge in [0, 0.05) is 42.6 Å². The summed E-state index contributed by atoms with van der Waals surface area (Å²) in [5, 5.41) is 8.83. The number of nitrogens with one attached hydrogen (secondary N) is 3. The fourth-order valence-electron chi connectivity index (χ4n) is 1.96. The lowest BCUT2D eigenvalue weighted by Gasteiger charge is -2.08. The number of hydrogen-bond acceptors (Lipinski definition) is 3. The second-order valence-electron chi connectivity index (χ2n) is 5.13. The van der Waals surface area contributed by atoms with E-state index in [2.05, 4.69) is 20.9 Å². The van der Waals surface area contributed by atoms with E-state index >= 15 is 0 Å². The number of carbonyl (C=O) groups excluding carboxylic acids is 2. The molecule has 2 aromatic rings. The molecule has 24 heavy (non-hydrogen) atoms. The van der Waals surface area contributed by atoms with E-state index in [0.29, 0.717) is 36.6 Å². The summed E-state index contributed by atoms with van der Waals surface area (Å²) >= 11 is 5.78.